The van der Waals surface area contributed by atoms with E-state index in [9.17, 15) is 9.90 Å². The molecule has 1 aromatic carbocycles. The van der Waals surface area contributed by atoms with Crippen molar-refractivity contribution >= 4 is 5.91 Å². The van der Waals surface area contributed by atoms with Crippen molar-refractivity contribution in [1.29, 1.82) is 0 Å². The van der Waals surface area contributed by atoms with Crippen LogP contribution < -0.4 is 0 Å². The maximum atomic E-state index is 12.5. The lowest BCUT2D eigenvalue weighted by Crippen LogP contribution is -2.52. The zero-order chi connectivity index (χ0) is 19.4. The molecular weight excluding hydrogens is 356 g/mol. The Balaban J connectivity index is 1.30. The van der Waals surface area contributed by atoms with E-state index in [1.807, 2.05) is 23.1 Å². The van der Waals surface area contributed by atoms with Crippen LogP contribution in [0.1, 0.15) is 50.2 Å². The van der Waals surface area contributed by atoms with Crippen LogP contribution in [0.4, 0.5) is 0 Å². The van der Waals surface area contributed by atoms with Crippen LogP contribution in [0.2, 0.25) is 0 Å². The molecule has 7 nitrogen and oxygen atoms in total. The van der Waals surface area contributed by atoms with Crippen molar-refractivity contribution < 1.29 is 14.6 Å². The zero-order valence-corrected chi connectivity index (χ0v) is 16.1. The number of rotatable bonds is 5. The third kappa shape index (κ3) is 4.42. The van der Waals surface area contributed by atoms with Gasteiger partial charge in [0.05, 0.1) is 17.8 Å². The first-order valence-corrected chi connectivity index (χ1v) is 10.1. The average Bonchev–Trinajstić information content (AvgIpc) is 3.22. The number of benzene rings is 1. The fourth-order valence-corrected chi connectivity index (χ4v) is 4.41. The van der Waals surface area contributed by atoms with E-state index in [-0.39, 0.29) is 23.7 Å². The van der Waals surface area contributed by atoms with Crippen LogP contribution >= 0.6 is 0 Å². The van der Waals surface area contributed by atoms with E-state index in [0.717, 1.165) is 24.8 Å². The van der Waals surface area contributed by atoms with Gasteiger partial charge in [-0.2, -0.15) is 5.10 Å². The first-order valence-electron chi connectivity index (χ1n) is 10.1. The van der Waals surface area contributed by atoms with Crippen molar-refractivity contribution in [2.24, 2.45) is 0 Å². The third-order valence-electron chi connectivity index (χ3n) is 5.93. The highest BCUT2D eigenvalue weighted by Crippen LogP contribution is 2.42. The minimum Gasteiger partial charge on any atom is -0.393 e. The fraction of sp³-hybridized carbons (Fsp3) is 0.571. The Kier molecular flexibility index (Phi) is 5.73. The summed E-state index contributed by atoms with van der Waals surface area (Å²) in [6.07, 6.45) is 6.87. The van der Waals surface area contributed by atoms with E-state index in [4.69, 9.17) is 4.74 Å². The smallest absolute Gasteiger partial charge is 0.222 e. The molecule has 0 unspecified atom stereocenters. The molecule has 1 N–H and O–H groups in total. The van der Waals surface area contributed by atoms with Gasteiger partial charge in [-0.1, -0.05) is 30.3 Å². The Labute approximate surface area is 165 Å². The van der Waals surface area contributed by atoms with Crippen molar-refractivity contribution in [2.45, 2.75) is 62.9 Å². The molecule has 3 heterocycles. The van der Waals surface area contributed by atoms with E-state index >= 15 is 0 Å². The van der Waals surface area contributed by atoms with Gasteiger partial charge in [-0.3, -0.25) is 9.48 Å². The highest BCUT2D eigenvalue weighted by Gasteiger charge is 2.44. The summed E-state index contributed by atoms with van der Waals surface area (Å²) in [6.45, 7) is 2.09. The standard InChI is InChI=1S/C21H28N4O3/c26-18-13-19(17-5-2-1-3-6-17)28-21(14-18)8-11-24(12-9-21)20(27)7-4-10-25-16-22-15-23-25/h1-3,5-6,15-16,18-19,26H,4,7-14H2/t18-,19-/m1/s1. The number of nitrogens with zero attached hydrogens (tertiary/aromatic N) is 4. The van der Waals surface area contributed by atoms with Gasteiger partial charge in [0.15, 0.2) is 0 Å². The maximum absolute atomic E-state index is 12.5. The summed E-state index contributed by atoms with van der Waals surface area (Å²) in [7, 11) is 0. The molecule has 0 aliphatic carbocycles. The minimum absolute atomic E-state index is 0.0742. The number of aliphatic hydroxyl groups excluding tert-OH is 1. The molecule has 0 bridgehead atoms. The lowest BCUT2D eigenvalue weighted by Gasteiger charge is -2.48. The number of hydrogen-bond acceptors (Lipinski definition) is 5. The predicted molar refractivity (Wildman–Crippen MR) is 103 cm³/mol. The number of aromatic nitrogens is 3. The third-order valence-corrected chi connectivity index (χ3v) is 5.93. The molecule has 1 aromatic heterocycles. The molecule has 28 heavy (non-hydrogen) atoms. The Bertz CT molecular complexity index is 757. The Morgan fingerprint density at radius 2 is 2.04 bits per heavy atom. The SMILES string of the molecule is O=C(CCCn1cncn1)N1CCC2(CC1)C[C@H](O)C[C@H](c1ccccc1)O2. The van der Waals surface area contributed by atoms with Crippen molar-refractivity contribution in [1.82, 2.24) is 19.7 Å². The average molecular weight is 384 g/mol. The Morgan fingerprint density at radius 1 is 1.25 bits per heavy atom. The number of ether oxygens (including phenoxy) is 1. The first kappa shape index (κ1) is 19.1. The highest BCUT2D eigenvalue weighted by atomic mass is 16.5. The largest absolute Gasteiger partial charge is 0.393 e. The number of likely N-dealkylation sites (tertiary alicyclic amines) is 1. The summed E-state index contributed by atoms with van der Waals surface area (Å²) in [5, 5.41) is 14.5. The lowest BCUT2D eigenvalue weighted by molar-refractivity contribution is -0.185. The van der Waals surface area contributed by atoms with E-state index in [1.54, 1.807) is 11.0 Å². The number of piperidine rings is 1. The van der Waals surface area contributed by atoms with Gasteiger partial charge in [0.2, 0.25) is 5.91 Å². The van der Waals surface area contributed by atoms with Gasteiger partial charge in [0, 0.05) is 38.9 Å². The van der Waals surface area contributed by atoms with Crippen molar-refractivity contribution in [3.05, 3.63) is 48.5 Å². The summed E-state index contributed by atoms with van der Waals surface area (Å²) in [4.78, 5) is 18.4. The number of hydrogen-bond donors (Lipinski definition) is 1. The van der Waals surface area contributed by atoms with E-state index in [0.29, 0.717) is 38.9 Å². The Morgan fingerprint density at radius 3 is 2.75 bits per heavy atom. The molecule has 2 saturated heterocycles. The predicted octanol–water partition coefficient (Wildman–Crippen LogP) is 2.33. The zero-order valence-electron chi connectivity index (χ0n) is 16.1. The number of carbonyl (C=O) groups is 1. The molecule has 7 heteroatoms. The summed E-state index contributed by atoms with van der Waals surface area (Å²) in [5.74, 6) is 0.186. The van der Waals surface area contributed by atoms with Gasteiger partial charge in [0.1, 0.15) is 12.7 Å². The summed E-state index contributed by atoms with van der Waals surface area (Å²) in [6, 6.07) is 10.1. The van der Waals surface area contributed by atoms with E-state index in [1.165, 1.54) is 6.33 Å². The van der Waals surface area contributed by atoms with E-state index < -0.39 is 0 Å². The Hall–Kier alpha value is -2.25. The number of aliphatic hydroxyl groups is 1. The fourth-order valence-electron chi connectivity index (χ4n) is 4.41. The molecule has 2 aromatic rings. The van der Waals surface area contributed by atoms with Crippen LogP contribution in [0.25, 0.3) is 0 Å². The number of amides is 1. The molecule has 1 spiro atoms. The number of aryl methyl sites for hydroxylation is 1. The lowest BCUT2D eigenvalue weighted by atomic mass is 9.81. The second kappa shape index (κ2) is 8.41. The maximum Gasteiger partial charge on any atom is 0.222 e. The normalized spacial score (nSPS) is 24.4. The first-order chi connectivity index (χ1) is 13.6. The van der Waals surface area contributed by atoms with Crippen LogP contribution in [0.3, 0.4) is 0 Å². The summed E-state index contributed by atoms with van der Waals surface area (Å²) < 4.78 is 8.26. The second-order valence-corrected chi connectivity index (χ2v) is 7.94. The second-order valence-electron chi connectivity index (χ2n) is 7.94. The van der Waals surface area contributed by atoms with Crippen LogP contribution in [0.15, 0.2) is 43.0 Å². The quantitative estimate of drug-likeness (QED) is 0.856. The highest BCUT2D eigenvalue weighted by molar-refractivity contribution is 5.76. The summed E-state index contributed by atoms with van der Waals surface area (Å²) in [5.41, 5.74) is 0.794. The molecule has 2 aliphatic rings. The molecule has 2 aliphatic heterocycles. The minimum atomic E-state index is -0.358. The van der Waals surface area contributed by atoms with Crippen LogP contribution in [0, 0.1) is 0 Å². The van der Waals surface area contributed by atoms with Gasteiger partial charge in [0.25, 0.3) is 0 Å². The van der Waals surface area contributed by atoms with Gasteiger partial charge in [-0.25, -0.2) is 4.98 Å². The van der Waals surface area contributed by atoms with Gasteiger partial charge in [-0.05, 0) is 24.8 Å². The molecule has 0 radical (unpaired) electrons. The van der Waals surface area contributed by atoms with Crippen molar-refractivity contribution in [3.63, 3.8) is 0 Å². The van der Waals surface area contributed by atoms with Gasteiger partial charge < -0.3 is 14.7 Å². The summed E-state index contributed by atoms with van der Waals surface area (Å²) >= 11 is 0. The van der Waals surface area contributed by atoms with Crippen molar-refractivity contribution in [2.75, 3.05) is 13.1 Å². The topological polar surface area (TPSA) is 80.5 Å². The molecule has 2 fully saturated rings. The molecular formula is C21H28N4O3. The molecule has 1 amide bonds. The number of carbonyl (C=O) groups excluding carboxylic acids is 1. The molecule has 2 atom stereocenters. The van der Waals surface area contributed by atoms with Gasteiger partial charge >= 0.3 is 0 Å². The van der Waals surface area contributed by atoms with Crippen molar-refractivity contribution in [3.8, 4) is 0 Å². The molecule has 4 rings (SSSR count). The van der Waals surface area contributed by atoms with Gasteiger partial charge in [-0.15, -0.1) is 0 Å². The molecule has 0 saturated carbocycles. The van der Waals surface area contributed by atoms with E-state index in [2.05, 4.69) is 22.2 Å². The van der Waals surface area contributed by atoms with Crippen LogP contribution in [0.5, 0.6) is 0 Å². The van der Waals surface area contributed by atoms with Crippen LogP contribution in [-0.2, 0) is 16.1 Å². The monoisotopic (exact) mass is 384 g/mol. The van der Waals surface area contributed by atoms with Crippen LogP contribution in [-0.4, -0.2) is 55.5 Å². The molecule has 150 valence electrons.